The molecule has 3 aromatic rings. The van der Waals surface area contributed by atoms with E-state index < -0.39 is 0 Å². The molecular weight excluding hydrogens is 412 g/mol. The second-order valence-electron chi connectivity index (χ2n) is 6.92. The number of thioether (sulfide) groups is 1. The standard InChI is InChI=1S/C23H26N4O3S/c1-15-19(16(2)26-23(25-15)31-4)8-10-22(28)27-18-7-9-20(29-3)21(12-18)30-14-17-6-5-11-24-13-17/h5-7,9,11-13H,8,10,14H2,1-4H3,(H,27,28). The van der Waals surface area contributed by atoms with Gasteiger partial charge in [0.15, 0.2) is 16.7 Å². The van der Waals surface area contributed by atoms with Gasteiger partial charge >= 0.3 is 0 Å². The number of benzene rings is 1. The van der Waals surface area contributed by atoms with Gasteiger partial charge in [-0.3, -0.25) is 9.78 Å². The first kappa shape index (κ1) is 22.6. The summed E-state index contributed by atoms with van der Waals surface area (Å²) in [7, 11) is 1.58. The highest BCUT2D eigenvalue weighted by molar-refractivity contribution is 7.98. The molecule has 0 fully saturated rings. The zero-order chi connectivity index (χ0) is 22.2. The van der Waals surface area contributed by atoms with Gasteiger partial charge in [0.1, 0.15) is 6.61 Å². The Hall–Kier alpha value is -3.13. The molecular formula is C23H26N4O3S. The number of hydrogen-bond acceptors (Lipinski definition) is 7. The minimum atomic E-state index is -0.0869. The summed E-state index contributed by atoms with van der Waals surface area (Å²) in [6.45, 7) is 4.26. The average molecular weight is 439 g/mol. The SMILES string of the molecule is COc1ccc(NC(=O)CCc2c(C)nc(SC)nc2C)cc1OCc1cccnc1. The maximum absolute atomic E-state index is 12.5. The summed E-state index contributed by atoms with van der Waals surface area (Å²) < 4.78 is 11.3. The zero-order valence-electron chi connectivity index (χ0n) is 18.1. The molecule has 7 nitrogen and oxygen atoms in total. The van der Waals surface area contributed by atoms with Crippen LogP contribution in [-0.2, 0) is 17.8 Å². The monoisotopic (exact) mass is 438 g/mol. The van der Waals surface area contributed by atoms with Crippen LogP contribution >= 0.6 is 11.8 Å². The lowest BCUT2D eigenvalue weighted by molar-refractivity contribution is -0.116. The van der Waals surface area contributed by atoms with E-state index in [2.05, 4.69) is 20.3 Å². The molecule has 0 spiro atoms. The number of aromatic nitrogens is 3. The molecule has 1 N–H and O–H groups in total. The van der Waals surface area contributed by atoms with E-state index in [1.807, 2.05) is 32.2 Å². The van der Waals surface area contributed by atoms with Crippen LogP contribution in [0.3, 0.4) is 0 Å². The Balaban J connectivity index is 1.63. The Kier molecular flexibility index (Phi) is 7.83. The maximum atomic E-state index is 12.5. The molecule has 3 rings (SSSR count). The van der Waals surface area contributed by atoms with E-state index in [0.29, 0.717) is 36.6 Å². The maximum Gasteiger partial charge on any atom is 0.224 e. The lowest BCUT2D eigenvalue weighted by Gasteiger charge is -2.13. The summed E-state index contributed by atoms with van der Waals surface area (Å²) >= 11 is 1.51. The lowest BCUT2D eigenvalue weighted by Crippen LogP contribution is -2.14. The number of nitrogens with one attached hydrogen (secondary N) is 1. The highest BCUT2D eigenvalue weighted by atomic mass is 32.2. The van der Waals surface area contributed by atoms with Gasteiger partial charge in [-0.15, -0.1) is 0 Å². The quantitative estimate of drug-likeness (QED) is 0.392. The molecule has 2 aromatic heterocycles. The summed E-state index contributed by atoms with van der Waals surface area (Å²) in [6.07, 6.45) is 6.33. The van der Waals surface area contributed by atoms with Gasteiger partial charge in [-0.2, -0.15) is 0 Å². The van der Waals surface area contributed by atoms with Crippen molar-refractivity contribution in [2.75, 3.05) is 18.7 Å². The van der Waals surface area contributed by atoms with Gasteiger partial charge in [0.2, 0.25) is 5.91 Å². The van der Waals surface area contributed by atoms with Crippen LogP contribution in [0.5, 0.6) is 11.5 Å². The first-order valence-corrected chi connectivity index (χ1v) is 11.1. The van der Waals surface area contributed by atoms with Gasteiger partial charge in [-0.05, 0) is 50.3 Å². The van der Waals surface area contributed by atoms with Crippen molar-refractivity contribution < 1.29 is 14.3 Å². The Morgan fingerprint density at radius 3 is 2.55 bits per heavy atom. The Bertz CT molecular complexity index is 1020. The molecule has 31 heavy (non-hydrogen) atoms. The van der Waals surface area contributed by atoms with Crippen molar-refractivity contribution in [3.63, 3.8) is 0 Å². The number of rotatable bonds is 9. The van der Waals surface area contributed by atoms with Crippen LogP contribution in [0.25, 0.3) is 0 Å². The van der Waals surface area contributed by atoms with Crippen LogP contribution in [0, 0.1) is 13.8 Å². The number of carbonyl (C=O) groups excluding carboxylic acids is 1. The van der Waals surface area contributed by atoms with Crippen molar-refractivity contribution in [1.82, 2.24) is 15.0 Å². The number of amides is 1. The van der Waals surface area contributed by atoms with Crippen molar-refractivity contribution >= 4 is 23.4 Å². The van der Waals surface area contributed by atoms with Crippen LogP contribution in [0.2, 0.25) is 0 Å². The molecule has 162 valence electrons. The predicted molar refractivity (Wildman–Crippen MR) is 122 cm³/mol. The van der Waals surface area contributed by atoms with E-state index >= 15 is 0 Å². The highest BCUT2D eigenvalue weighted by Gasteiger charge is 2.12. The van der Waals surface area contributed by atoms with E-state index in [0.717, 1.165) is 27.7 Å². The third-order valence-corrected chi connectivity index (χ3v) is 5.30. The largest absolute Gasteiger partial charge is 0.493 e. The molecule has 0 unspecified atom stereocenters. The molecule has 1 aromatic carbocycles. The molecule has 0 aliphatic rings. The fourth-order valence-corrected chi connectivity index (χ4v) is 3.59. The second-order valence-corrected chi connectivity index (χ2v) is 7.70. The third-order valence-electron chi connectivity index (χ3n) is 4.75. The first-order valence-electron chi connectivity index (χ1n) is 9.88. The van der Waals surface area contributed by atoms with Gasteiger partial charge < -0.3 is 14.8 Å². The number of pyridine rings is 1. The topological polar surface area (TPSA) is 86.2 Å². The van der Waals surface area contributed by atoms with Gasteiger partial charge in [0.05, 0.1) is 7.11 Å². The summed E-state index contributed by atoms with van der Waals surface area (Å²) in [6, 6.07) is 9.12. The molecule has 0 saturated heterocycles. The smallest absolute Gasteiger partial charge is 0.224 e. The van der Waals surface area contributed by atoms with E-state index in [4.69, 9.17) is 9.47 Å². The van der Waals surface area contributed by atoms with Crippen LogP contribution in [0.1, 0.15) is 28.9 Å². The summed E-state index contributed by atoms with van der Waals surface area (Å²) in [5.74, 6) is 1.06. The van der Waals surface area contributed by atoms with Crippen molar-refractivity contribution in [3.05, 3.63) is 65.2 Å². The predicted octanol–water partition coefficient (Wildman–Crippen LogP) is 4.37. The Morgan fingerprint density at radius 1 is 1.13 bits per heavy atom. The number of nitrogens with zero attached hydrogens (tertiary/aromatic N) is 3. The van der Waals surface area contributed by atoms with Gasteiger partial charge in [-0.1, -0.05) is 17.8 Å². The lowest BCUT2D eigenvalue weighted by atomic mass is 10.1. The minimum absolute atomic E-state index is 0.0869. The molecule has 0 atom stereocenters. The third kappa shape index (κ3) is 6.18. The van der Waals surface area contributed by atoms with Crippen LogP contribution in [-0.4, -0.2) is 34.2 Å². The summed E-state index contributed by atoms with van der Waals surface area (Å²) in [4.78, 5) is 25.6. The number of ether oxygens (including phenoxy) is 2. The fraction of sp³-hybridized carbons (Fsp3) is 0.304. The molecule has 0 aliphatic heterocycles. The zero-order valence-corrected chi connectivity index (χ0v) is 19.0. The minimum Gasteiger partial charge on any atom is -0.493 e. The molecule has 1 amide bonds. The van der Waals surface area contributed by atoms with Gasteiger partial charge in [0, 0.05) is 47.5 Å². The van der Waals surface area contributed by atoms with E-state index in [1.54, 1.807) is 37.7 Å². The average Bonchev–Trinajstić information content (AvgIpc) is 2.77. The van der Waals surface area contributed by atoms with Crippen LogP contribution in [0.4, 0.5) is 5.69 Å². The molecule has 2 heterocycles. The number of methoxy groups -OCH3 is 1. The molecule has 0 aliphatic carbocycles. The normalized spacial score (nSPS) is 10.6. The van der Waals surface area contributed by atoms with E-state index in [-0.39, 0.29) is 5.91 Å². The van der Waals surface area contributed by atoms with Crippen LogP contribution < -0.4 is 14.8 Å². The van der Waals surface area contributed by atoms with Crippen molar-refractivity contribution in [3.8, 4) is 11.5 Å². The van der Waals surface area contributed by atoms with Crippen molar-refractivity contribution in [2.45, 2.75) is 38.5 Å². The Morgan fingerprint density at radius 2 is 1.90 bits per heavy atom. The summed E-state index contributed by atoms with van der Waals surface area (Å²) in [5.41, 5.74) is 4.44. The first-order chi connectivity index (χ1) is 15.0. The second kappa shape index (κ2) is 10.8. The van der Waals surface area contributed by atoms with E-state index in [9.17, 15) is 4.79 Å². The molecule has 0 radical (unpaired) electrons. The van der Waals surface area contributed by atoms with Crippen molar-refractivity contribution in [2.24, 2.45) is 0 Å². The molecule has 0 bridgehead atoms. The number of hydrogen-bond donors (Lipinski definition) is 1. The van der Waals surface area contributed by atoms with Crippen LogP contribution in [0.15, 0.2) is 47.9 Å². The number of anilines is 1. The summed E-state index contributed by atoms with van der Waals surface area (Å²) in [5, 5.41) is 3.68. The number of carbonyl (C=O) groups is 1. The Labute approximate surface area is 186 Å². The fourth-order valence-electron chi connectivity index (χ4n) is 3.14. The van der Waals surface area contributed by atoms with E-state index in [1.165, 1.54) is 11.8 Å². The van der Waals surface area contributed by atoms with Gasteiger partial charge in [-0.25, -0.2) is 9.97 Å². The highest BCUT2D eigenvalue weighted by Crippen LogP contribution is 2.31. The van der Waals surface area contributed by atoms with Crippen molar-refractivity contribution in [1.29, 1.82) is 0 Å². The molecule has 8 heteroatoms. The number of aryl methyl sites for hydroxylation is 2. The molecule has 0 saturated carbocycles. The van der Waals surface area contributed by atoms with Gasteiger partial charge in [0.25, 0.3) is 0 Å².